The van der Waals surface area contributed by atoms with Crippen molar-refractivity contribution < 1.29 is 71.8 Å². The van der Waals surface area contributed by atoms with E-state index in [9.17, 15) is 39.2 Å². The summed E-state index contributed by atoms with van der Waals surface area (Å²) in [6.45, 7) is -6.20. The molecule has 43 heavy (non-hydrogen) atoms. The van der Waals surface area contributed by atoms with Crippen molar-refractivity contribution >= 4 is 43.3 Å². The Hall–Kier alpha value is -1.36. The third-order valence-electron chi connectivity index (χ3n) is 7.28. The summed E-state index contributed by atoms with van der Waals surface area (Å²) in [6.07, 6.45) is -12.9. The first-order valence-corrected chi connectivity index (χ1v) is 16.8. The maximum absolute atomic E-state index is 14.0. The van der Waals surface area contributed by atoms with Gasteiger partial charge < -0.3 is 59.8 Å². The van der Waals surface area contributed by atoms with E-state index in [-0.39, 0.29) is 11.3 Å². The Morgan fingerprint density at radius 2 is 1.93 bits per heavy atom. The molecule has 3 aliphatic rings. The van der Waals surface area contributed by atoms with Crippen molar-refractivity contribution in [3.63, 3.8) is 0 Å². The lowest BCUT2D eigenvalue weighted by molar-refractivity contribution is -0.287. The SMILES string of the molecule is Nc1ncnc2c1ncn2[C@@H]1O[C@H](COP(O)(=S)OP(=O)(O)OC2OC([C@@H](F)CO)C(O)C(O)C2O)[C@@H](O)[C@]12CCCO2. The molecule has 0 radical (unpaired) electrons. The molecule has 7 unspecified atom stereocenters. The summed E-state index contributed by atoms with van der Waals surface area (Å²) in [5.74, 6) is 0.114. The monoisotopic (exact) mass is 677 g/mol. The van der Waals surface area contributed by atoms with Crippen molar-refractivity contribution in [2.45, 2.75) is 73.8 Å². The van der Waals surface area contributed by atoms with Crippen LogP contribution in [-0.4, -0.2) is 129 Å². The number of rotatable bonds is 10. The van der Waals surface area contributed by atoms with Crippen LogP contribution in [0.1, 0.15) is 19.1 Å². The third kappa shape index (κ3) is 6.36. The van der Waals surface area contributed by atoms with Crippen LogP contribution in [0.2, 0.25) is 0 Å². The maximum Gasteiger partial charge on any atom is 0.481 e. The molecule has 5 rings (SSSR count). The second kappa shape index (κ2) is 12.4. The molecule has 0 aliphatic carbocycles. The molecule has 12 atom stereocenters. The average molecular weight is 677 g/mol. The van der Waals surface area contributed by atoms with Gasteiger partial charge in [0.2, 0.25) is 0 Å². The maximum atomic E-state index is 14.0. The first-order chi connectivity index (χ1) is 20.2. The summed E-state index contributed by atoms with van der Waals surface area (Å²) >= 11 is 4.81. The van der Waals surface area contributed by atoms with Crippen LogP contribution >= 0.6 is 14.5 Å². The van der Waals surface area contributed by atoms with Gasteiger partial charge in [0.1, 0.15) is 54.1 Å². The molecule has 2 aromatic rings. The number of halogens is 1. The average Bonchev–Trinajstić information content (AvgIpc) is 3.67. The highest BCUT2D eigenvalue weighted by atomic mass is 32.5. The van der Waals surface area contributed by atoms with Gasteiger partial charge >= 0.3 is 14.5 Å². The van der Waals surface area contributed by atoms with Crippen LogP contribution in [0.4, 0.5) is 10.2 Å². The van der Waals surface area contributed by atoms with Crippen LogP contribution in [0.5, 0.6) is 0 Å². The number of aliphatic hydroxyl groups excluding tert-OH is 5. The number of ether oxygens (including phenoxy) is 3. The van der Waals surface area contributed by atoms with E-state index in [0.29, 0.717) is 25.1 Å². The van der Waals surface area contributed by atoms with Crippen LogP contribution in [-0.2, 0) is 43.9 Å². The molecule has 3 saturated heterocycles. The number of aromatic nitrogens is 4. The number of aliphatic hydroxyl groups is 5. The summed E-state index contributed by atoms with van der Waals surface area (Å²) in [5.41, 5.74) is 5.15. The van der Waals surface area contributed by atoms with Gasteiger partial charge in [0.25, 0.3) is 0 Å². The number of nitrogens with two attached hydrogens (primary N) is 1. The molecule has 5 heterocycles. The van der Waals surface area contributed by atoms with Gasteiger partial charge in [-0.15, -0.1) is 0 Å². The summed E-state index contributed by atoms with van der Waals surface area (Å²) in [5, 5.41) is 50.2. The van der Waals surface area contributed by atoms with Crippen LogP contribution < -0.4 is 5.73 Å². The van der Waals surface area contributed by atoms with Gasteiger partial charge in [-0.25, -0.2) is 28.2 Å². The lowest BCUT2D eigenvalue weighted by atomic mass is 9.91. The van der Waals surface area contributed by atoms with E-state index >= 15 is 0 Å². The fourth-order valence-electron chi connectivity index (χ4n) is 5.24. The minimum Gasteiger partial charge on any atom is -0.393 e. The molecule has 3 aliphatic heterocycles. The number of phosphoric acid groups is 1. The Balaban J connectivity index is 1.26. The van der Waals surface area contributed by atoms with Gasteiger partial charge in [-0.05, 0) is 24.6 Å². The first kappa shape index (κ1) is 33.0. The Bertz CT molecular complexity index is 1400. The highest BCUT2D eigenvalue weighted by Gasteiger charge is 2.60. The fourth-order valence-corrected chi connectivity index (χ4v) is 8.33. The van der Waals surface area contributed by atoms with Gasteiger partial charge in [0.15, 0.2) is 30.2 Å². The van der Waals surface area contributed by atoms with E-state index < -0.39 is 88.7 Å². The zero-order chi connectivity index (χ0) is 31.3. The zero-order valence-corrected chi connectivity index (χ0v) is 24.5. The molecule has 0 bridgehead atoms. The second-order valence-electron chi connectivity index (χ2n) is 10.0. The molecule has 0 amide bonds. The van der Waals surface area contributed by atoms with Crippen molar-refractivity contribution in [3.05, 3.63) is 12.7 Å². The predicted octanol–water partition coefficient (Wildman–Crippen LogP) is -2.28. The Morgan fingerprint density at radius 1 is 1.19 bits per heavy atom. The largest absolute Gasteiger partial charge is 0.481 e. The summed E-state index contributed by atoms with van der Waals surface area (Å²) < 4.78 is 59.4. The number of alkyl halides is 1. The number of nitrogens with zero attached hydrogens (tertiary/aromatic N) is 4. The molecule has 0 saturated carbocycles. The second-order valence-corrected chi connectivity index (χ2v) is 14.4. The zero-order valence-electron chi connectivity index (χ0n) is 21.9. The minimum absolute atomic E-state index is 0.114. The predicted molar refractivity (Wildman–Crippen MR) is 141 cm³/mol. The number of fused-ring (bicyclic) bond motifs is 1. The van der Waals surface area contributed by atoms with Crippen molar-refractivity contribution in [2.24, 2.45) is 0 Å². The van der Waals surface area contributed by atoms with Crippen molar-refractivity contribution in [3.8, 4) is 0 Å². The molecular formula is C20H30FN5O14P2S. The van der Waals surface area contributed by atoms with Crippen LogP contribution in [0.3, 0.4) is 0 Å². The van der Waals surface area contributed by atoms with E-state index in [1.54, 1.807) is 0 Å². The van der Waals surface area contributed by atoms with E-state index in [1.807, 2.05) is 0 Å². The molecule has 23 heteroatoms. The van der Waals surface area contributed by atoms with Gasteiger partial charge in [0.05, 0.1) is 19.5 Å². The summed E-state index contributed by atoms with van der Waals surface area (Å²) in [6, 6.07) is 0. The van der Waals surface area contributed by atoms with E-state index in [2.05, 4.69) is 23.8 Å². The summed E-state index contributed by atoms with van der Waals surface area (Å²) in [7, 11) is -5.48. The van der Waals surface area contributed by atoms with E-state index in [0.717, 1.165) is 0 Å². The molecule has 3 fully saturated rings. The molecule has 9 N–H and O–H groups in total. The van der Waals surface area contributed by atoms with Crippen molar-refractivity contribution in [1.29, 1.82) is 0 Å². The lowest BCUT2D eigenvalue weighted by Gasteiger charge is -2.41. The van der Waals surface area contributed by atoms with Crippen molar-refractivity contribution in [1.82, 2.24) is 19.5 Å². The number of hydrogen-bond donors (Lipinski definition) is 8. The standard InChI is InChI=1S/C20H30FN5O14P2S/c21-8(4-27)14-12(29)11(28)13(30)18(38-14)39-41(32,33)40-42(34,43)36-5-9-15(31)20(2-1-3-35-20)19(37-9)26-7-25-10-16(22)23-6-24-17(10)26/h6-9,11-15,18-19,27-31H,1-5H2,(H,32,33)(H,34,43)(H2,22,23,24)/t8-,9+,11?,12?,13?,14?,15+,18?,19+,20+,42?/m0/s1. The smallest absolute Gasteiger partial charge is 0.393 e. The minimum atomic E-state index is -5.48. The Morgan fingerprint density at radius 3 is 2.60 bits per heavy atom. The van der Waals surface area contributed by atoms with E-state index in [4.69, 9.17) is 41.4 Å². The van der Waals surface area contributed by atoms with E-state index in [1.165, 1.54) is 17.2 Å². The Labute approximate surface area is 246 Å². The van der Waals surface area contributed by atoms with Gasteiger partial charge in [-0.2, -0.15) is 0 Å². The highest BCUT2D eigenvalue weighted by molar-refractivity contribution is 8.08. The quantitative estimate of drug-likeness (QED) is 0.123. The van der Waals surface area contributed by atoms with Crippen LogP contribution in [0.15, 0.2) is 12.7 Å². The normalized spacial score (nSPS) is 38.3. The molecule has 0 aromatic carbocycles. The molecule has 19 nitrogen and oxygen atoms in total. The van der Waals surface area contributed by atoms with Gasteiger partial charge in [-0.1, -0.05) is 0 Å². The molecule has 242 valence electrons. The van der Waals surface area contributed by atoms with Crippen LogP contribution in [0.25, 0.3) is 11.2 Å². The number of imidazole rings is 1. The number of anilines is 1. The number of nitrogen functional groups attached to an aromatic ring is 1. The molecular weight excluding hydrogens is 647 g/mol. The summed E-state index contributed by atoms with van der Waals surface area (Å²) in [4.78, 5) is 33.0. The van der Waals surface area contributed by atoms with Crippen LogP contribution in [0, 0.1) is 0 Å². The fraction of sp³-hybridized carbons (Fsp3) is 0.750. The highest BCUT2D eigenvalue weighted by Crippen LogP contribution is 2.62. The van der Waals surface area contributed by atoms with Gasteiger partial charge in [-0.3, -0.25) is 9.09 Å². The lowest BCUT2D eigenvalue weighted by Crippen LogP contribution is -2.60. The number of hydrogen-bond acceptors (Lipinski definition) is 17. The van der Waals surface area contributed by atoms with Crippen molar-refractivity contribution in [2.75, 3.05) is 25.6 Å². The first-order valence-electron chi connectivity index (χ1n) is 12.7. The van der Waals surface area contributed by atoms with Gasteiger partial charge in [0, 0.05) is 6.61 Å². The third-order valence-corrected chi connectivity index (χ3v) is 10.8. The Kier molecular flexibility index (Phi) is 9.55. The number of phosphoric ester groups is 1. The molecule has 2 aromatic heterocycles. The topological polar surface area (TPSA) is 284 Å². The molecule has 1 spiro atoms.